The number of para-hydroxylation sites is 1. The number of thioether (sulfide) groups is 1. The number of aromatic nitrogens is 3. The standard InChI is InChI=1S/C30H24F2N4OS/c31-24-15-11-22(12-16-24)20-38-30-35-34-28(36(30)26-9-5-2-6-10-26)27(19-21-7-3-1-4-8-21)33-29(37)23-13-17-25(32)18-14-23/h1-18,27H,19-20H2,(H,33,37)/t27-/m0/s1. The minimum absolute atomic E-state index is 0.283. The molecule has 1 N–H and O–H groups in total. The van der Waals surface area contributed by atoms with E-state index in [1.165, 1.54) is 48.2 Å². The maximum atomic E-state index is 13.4. The third-order valence-electron chi connectivity index (χ3n) is 5.96. The van der Waals surface area contributed by atoms with Crippen molar-refractivity contribution >= 4 is 17.7 Å². The van der Waals surface area contributed by atoms with Crippen LogP contribution in [0.25, 0.3) is 5.69 Å². The minimum atomic E-state index is -0.525. The minimum Gasteiger partial charge on any atom is -0.342 e. The first-order valence-corrected chi connectivity index (χ1v) is 13.0. The summed E-state index contributed by atoms with van der Waals surface area (Å²) < 4.78 is 28.8. The van der Waals surface area contributed by atoms with Gasteiger partial charge in [0.2, 0.25) is 0 Å². The van der Waals surface area contributed by atoms with Crippen molar-refractivity contribution < 1.29 is 13.6 Å². The number of amides is 1. The van der Waals surface area contributed by atoms with Crippen LogP contribution in [0.15, 0.2) is 114 Å². The third kappa shape index (κ3) is 6.15. The highest BCUT2D eigenvalue weighted by molar-refractivity contribution is 7.98. The number of rotatable bonds is 9. The molecule has 0 bridgehead atoms. The Kier molecular flexibility index (Phi) is 7.89. The molecule has 1 aromatic heterocycles. The van der Waals surface area contributed by atoms with Crippen molar-refractivity contribution in [2.45, 2.75) is 23.4 Å². The number of hydrogen-bond donors (Lipinski definition) is 1. The van der Waals surface area contributed by atoms with Crippen LogP contribution in [0.4, 0.5) is 8.78 Å². The van der Waals surface area contributed by atoms with Crippen molar-refractivity contribution in [3.05, 3.63) is 143 Å². The molecular formula is C30H24F2N4OS. The maximum absolute atomic E-state index is 13.4. The molecule has 0 aliphatic rings. The lowest BCUT2D eigenvalue weighted by molar-refractivity contribution is 0.0934. The van der Waals surface area contributed by atoms with Crippen LogP contribution in [0.3, 0.4) is 0 Å². The zero-order valence-corrected chi connectivity index (χ0v) is 21.1. The number of hydrogen-bond acceptors (Lipinski definition) is 4. The predicted molar refractivity (Wildman–Crippen MR) is 144 cm³/mol. The van der Waals surface area contributed by atoms with Gasteiger partial charge >= 0.3 is 0 Å². The Bertz CT molecular complexity index is 1490. The summed E-state index contributed by atoms with van der Waals surface area (Å²) in [5.74, 6) is 0.102. The summed E-state index contributed by atoms with van der Waals surface area (Å²) in [5, 5.41) is 12.7. The van der Waals surface area contributed by atoms with E-state index in [4.69, 9.17) is 0 Å². The van der Waals surface area contributed by atoms with Crippen molar-refractivity contribution in [1.29, 1.82) is 0 Å². The van der Waals surface area contributed by atoms with Crippen molar-refractivity contribution in [3.63, 3.8) is 0 Å². The van der Waals surface area contributed by atoms with E-state index in [9.17, 15) is 13.6 Å². The predicted octanol–water partition coefficient (Wildman–Crippen LogP) is 6.55. The fourth-order valence-electron chi connectivity index (χ4n) is 4.05. The Morgan fingerprint density at radius 2 is 1.37 bits per heavy atom. The number of nitrogens with zero attached hydrogens (tertiary/aromatic N) is 3. The largest absolute Gasteiger partial charge is 0.342 e. The summed E-state index contributed by atoms with van der Waals surface area (Å²) in [6, 6.07) is 30.8. The number of carbonyl (C=O) groups is 1. The molecule has 1 atom stereocenters. The number of carbonyl (C=O) groups excluding carboxylic acids is 1. The molecule has 0 saturated heterocycles. The Hall–Kier alpha value is -4.30. The summed E-state index contributed by atoms with van der Waals surface area (Å²) in [7, 11) is 0. The SMILES string of the molecule is O=C(N[C@@H](Cc1ccccc1)c1nnc(SCc2ccc(F)cc2)n1-c1ccccc1)c1ccc(F)cc1. The van der Waals surface area contributed by atoms with Gasteiger partial charge in [-0.05, 0) is 66.1 Å². The monoisotopic (exact) mass is 526 g/mol. The topological polar surface area (TPSA) is 59.8 Å². The van der Waals surface area contributed by atoms with Gasteiger partial charge in [0.25, 0.3) is 5.91 Å². The van der Waals surface area contributed by atoms with Gasteiger partial charge in [0.1, 0.15) is 11.6 Å². The molecule has 0 saturated carbocycles. The van der Waals surface area contributed by atoms with E-state index in [0.717, 1.165) is 16.8 Å². The van der Waals surface area contributed by atoms with Gasteiger partial charge in [-0.15, -0.1) is 10.2 Å². The lowest BCUT2D eigenvalue weighted by atomic mass is 10.0. The molecule has 1 amide bonds. The van der Waals surface area contributed by atoms with Gasteiger partial charge in [-0.3, -0.25) is 9.36 Å². The van der Waals surface area contributed by atoms with Crippen LogP contribution in [-0.4, -0.2) is 20.7 Å². The van der Waals surface area contributed by atoms with Gasteiger partial charge in [-0.1, -0.05) is 72.4 Å². The number of benzene rings is 4. The van der Waals surface area contributed by atoms with E-state index < -0.39 is 11.9 Å². The van der Waals surface area contributed by atoms with Crippen LogP contribution in [0.2, 0.25) is 0 Å². The molecular weight excluding hydrogens is 502 g/mol. The molecule has 5 rings (SSSR count). The molecule has 0 radical (unpaired) electrons. The molecule has 190 valence electrons. The van der Waals surface area contributed by atoms with Crippen LogP contribution < -0.4 is 5.32 Å². The lowest BCUT2D eigenvalue weighted by Gasteiger charge is -2.20. The Labute approximate surface area is 223 Å². The van der Waals surface area contributed by atoms with Crippen molar-refractivity contribution in [1.82, 2.24) is 20.1 Å². The number of halogens is 2. The van der Waals surface area contributed by atoms with E-state index in [-0.39, 0.29) is 11.7 Å². The second-order valence-electron chi connectivity index (χ2n) is 8.65. The molecule has 0 aliphatic heterocycles. The molecule has 0 fully saturated rings. The van der Waals surface area contributed by atoms with Crippen LogP contribution in [-0.2, 0) is 12.2 Å². The smallest absolute Gasteiger partial charge is 0.251 e. The van der Waals surface area contributed by atoms with Gasteiger partial charge in [0.05, 0.1) is 6.04 Å². The average Bonchev–Trinajstić information content (AvgIpc) is 3.38. The zero-order chi connectivity index (χ0) is 26.3. The molecule has 38 heavy (non-hydrogen) atoms. The first-order valence-electron chi connectivity index (χ1n) is 12.0. The molecule has 5 aromatic rings. The molecule has 5 nitrogen and oxygen atoms in total. The van der Waals surface area contributed by atoms with E-state index >= 15 is 0 Å². The van der Waals surface area contributed by atoms with E-state index in [0.29, 0.717) is 28.7 Å². The highest BCUT2D eigenvalue weighted by Crippen LogP contribution is 2.29. The normalized spacial score (nSPS) is 11.7. The molecule has 8 heteroatoms. The summed E-state index contributed by atoms with van der Waals surface area (Å²) >= 11 is 1.47. The van der Waals surface area contributed by atoms with Crippen LogP contribution in [0.5, 0.6) is 0 Å². The van der Waals surface area contributed by atoms with Crippen molar-refractivity contribution in [2.75, 3.05) is 0 Å². The van der Waals surface area contributed by atoms with Gasteiger partial charge in [0, 0.05) is 17.0 Å². The fraction of sp³-hybridized carbons (Fsp3) is 0.100. The fourth-order valence-corrected chi connectivity index (χ4v) is 4.96. The quantitative estimate of drug-likeness (QED) is 0.221. The molecule has 0 aliphatic carbocycles. The molecule has 0 spiro atoms. The first kappa shape index (κ1) is 25.4. The van der Waals surface area contributed by atoms with Crippen LogP contribution in [0.1, 0.15) is 33.4 Å². The van der Waals surface area contributed by atoms with Crippen LogP contribution in [0, 0.1) is 11.6 Å². The lowest BCUT2D eigenvalue weighted by Crippen LogP contribution is -2.32. The van der Waals surface area contributed by atoms with Crippen molar-refractivity contribution in [3.8, 4) is 5.69 Å². The molecule has 4 aromatic carbocycles. The van der Waals surface area contributed by atoms with Crippen LogP contribution >= 0.6 is 11.8 Å². The summed E-state index contributed by atoms with van der Waals surface area (Å²) in [4.78, 5) is 13.2. The second-order valence-corrected chi connectivity index (χ2v) is 9.59. The zero-order valence-electron chi connectivity index (χ0n) is 20.3. The van der Waals surface area contributed by atoms with Gasteiger partial charge in [-0.2, -0.15) is 0 Å². The van der Waals surface area contributed by atoms with E-state index in [1.807, 2.05) is 65.2 Å². The average molecular weight is 527 g/mol. The highest BCUT2D eigenvalue weighted by Gasteiger charge is 2.25. The van der Waals surface area contributed by atoms with Gasteiger partial charge in [-0.25, -0.2) is 8.78 Å². The number of nitrogens with one attached hydrogen (secondary N) is 1. The highest BCUT2D eigenvalue weighted by atomic mass is 32.2. The second kappa shape index (κ2) is 11.8. The molecule has 0 unspecified atom stereocenters. The Morgan fingerprint density at radius 3 is 2.03 bits per heavy atom. The third-order valence-corrected chi connectivity index (χ3v) is 6.96. The summed E-state index contributed by atoms with van der Waals surface area (Å²) in [6.07, 6.45) is 0.474. The van der Waals surface area contributed by atoms with E-state index in [2.05, 4.69) is 15.5 Å². The molecule has 1 heterocycles. The maximum Gasteiger partial charge on any atom is 0.251 e. The van der Waals surface area contributed by atoms with Gasteiger partial charge < -0.3 is 5.32 Å². The summed E-state index contributed by atoms with van der Waals surface area (Å²) in [6.45, 7) is 0. The van der Waals surface area contributed by atoms with Gasteiger partial charge in [0.15, 0.2) is 11.0 Å². The Morgan fingerprint density at radius 1 is 0.763 bits per heavy atom. The van der Waals surface area contributed by atoms with Crippen molar-refractivity contribution in [2.24, 2.45) is 0 Å². The first-order chi connectivity index (χ1) is 18.6. The Balaban J connectivity index is 1.51. The summed E-state index contributed by atoms with van der Waals surface area (Å²) in [5.41, 5.74) is 3.16. The van der Waals surface area contributed by atoms with E-state index in [1.54, 1.807) is 12.1 Å².